The molecule has 0 amide bonds. The van der Waals surface area contributed by atoms with Crippen LogP contribution in [0.2, 0.25) is 0 Å². The number of piperidine rings is 1. The second-order valence-corrected chi connectivity index (χ2v) is 5.61. The highest BCUT2D eigenvalue weighted by molar-refractivity contribution is 7.15. The zero-order chi connectivity index (χ0) is 12.3. The fourth-order valence-corrected chi connectivity index (χ4v) is 3.19. The van der Waals surface area contributed by atoms with Gasteiger partial charge in [-0.3, -0.25) is 0 Å². The van der Waals surface area contributed by atoms with E-state index in [0.717, 1.165) is 35.4 Å². The van der Waals surface area contributed by atoms with E-state index in [2.05, 4.69) is 9.88 Å². The summed E-state index contributed by atoms with van der Waals surface area (Å²) in [5, 5.41) is 10.2. The normalized spacial score (nSPS) is 17.7. The highest BCUT2D eigenvalue weighted by Crippen LogP contribution is 2.29. The summed E-state index contributed by atoms with van der Waals surface area (Å²) in [5.41, 5.74) is 0.964. The standard InChI is InChI=1S/C12H20N2O2S/c1-9-11(7-15)17-12(13-9)14-5-3-10(4-6-14)8-16-2/h10,15H,3-8H2,1-2H3. The first kappa shape index (κ1) is 12.8. The van der Waals surface area contributed by atoms with Gasteiger partial charge < -0.3 is 14.7 Å². The molecular formula is C12H20N2O2S. The van der Waals surface area contributed by atoms with Gasteiger partial charge >= 0.3 is 0 Å². The molecule has 17 heavy (non-hydrogen) atoms. The fourth-order valence-electron chi connectivity index (χ4n) is 2.22. The van der Waals surface area contributed by atoms with Crippen molar-refractivity contribution in [2.45, 2.75) is 26.4 Å². The van der Waals surface area contributed by atoms with Gasteiger partial charge in [-0.25, -0.2) is 4.98 Å². The summed E-state index contributed by atoms with van der Waals surface area (Å²) in [6.07, 6.45) is 2.34. The maximum absolute atomic E-state index is 9.18. The summed E-state index contributed by atoms with van der Waals surface area (Å²) in [6.45, 7) is 5.02. The molecule has 1 aliphatic rings. The Bertz CT molecular complexity index is 359. The molecule has 1 N–H and O–H groups in total. The SMILES string of the molecule is COCC1CCN(c2nc(C)c(CO)s2)CC1. The van der Waals surface area contributed by atoms with E-state index in [0.29, 0.717) is 5.92 Å². The second kappa shape index (κ2) is 5.80. The van der Waals surface area contributed by atoms with Crippen LogP contribution < -0.4 is 4.90 Å². The van der Waals surface area contributed by atoms with Gasteiger partial charge in [0, 0.05) is 26.8 Å². The van der Waals surface area contributed by atoms with Gasteiger partial charge in [0.1, 0.15) is 0 Å². The molecule has 1 aliphatic heterocycles. The number of aliphatic hydroxyl groups is 1. The highest BCUT2D eigenvalue weighted by atomic mass is 32.1. The van der Waals surface area contributed by atoms with Crippen LogP contribution in [-0.2, 0) is 11.3 Å². The van der Waals surface area contributed by atoms with E-state index in [9.17, 15) is 5.11 Å². The van der Waals surface area contributed by atoms with Crippen molar-refractivity contribution >= 4 is 16.5 Å². The van der Waals surface area contributed by atoms with E-state index < -0.39 is 0 Å². The van der Waals surface area contributed by atoms with Crippen LogP contribution in [0, 0.1) is 12.8 Å². The Morgan fingerprint density at radius 3 is 2.71 bits per heavy atom. The third-order valence-electron chi connectivity index (χ3n) is 3.31. The Balaban J connectivity index is 1.95. The number of aryl methyl sites for hydroxylation is 1. The minimum atomic E-state index is 0.101. The van der Waals surface area contributed by atoms with Crippen molar-refractivity contribution in [1.29, 1.82) is 0 Å². The number of aromatic nitrogens is 1. The van der Waals surface area contributed by atoms with Crippen LogP contribution >= 0.6 is 11.3 Å². The maximum Gasteiger partial charge on any atom is 0.185 e. The molecule has 0 atom stereocenters. The van der Waals surface area contributed by atoms with Crippen LogP contribution in [0.3, 0.4) is 0 Å². The van der Waals surface area contributed by atoms with Crippen LogP contribution in [-0.4, -0.2) is 36.9 Å². The average molecular weight is 256 g/mol. The molecule has 0 saturated carbocycles. The van der Waals surface area contributed by atoms with Crippen LogP contribution in [0.15, 0.2) is 0 Å². The molecule has 2 rings (SSSR count). The van der Waals surface area contributed by atoms with Gasteiger partial charge in [-0.15, -0.1) is 0 Å². The molecule has 2 heterocycles. The molecule has 96 valence electrons. The molecule has 1 fully saturated rings. The molecule has 5 heteroatoms. The zero-order valence-electron chi connectivity index (χ0n) is 10.5. The van der Waals surface area contributed by atoms with Crippen LogP contribution in [0.1, 0.15) is 23.4 Å². The first-order chi connectivity index (χ1) is 8.24. The molecule has 1 aromatic rings. The summed E-state index contributed by atoms with van der Waals surface area (Å²) in [5.74, 6) is 0.689. The lowest BCUT2D eigenvalue weighted by atomic mass is 9.98. The summed E-state index contributed by atoms with van der Waals surface area (Å²) >= 11 is 1.61. The molecule has 0 radical (unpaired) electrons. The molecule has 0 aromatic carbocycles. The van der Waals surface area contributed by atoms with Crippen molar-refractivity contribution < 1.29 is 9.84 Å². The van der Waals surface area contributed by atoms with Crippen molar-refractivity contribution in [3.8, 4) is 0 Å². The Morgan fingerprint density at radius 2 is 2.18 bits per heavy atom. The average Bonchev–Trinajstić information content (AvgIpc) is 2.72. The number of nitrogens with zero attached hydrogens (tertiary/aromatic N) is 2. The Kier molecular flexibility index (Phi) is 4.36. The van der Waals surface area contributed by atoms with Gasteiger partial charge in [0.05, 0.1) is 17.2 Å². The quantitative estimate of drug-likeness (QED) is 0.892. The van der Waals surface area contributed by atoms with Gasteiger partial charge in [-0.2, -0.15) is 0 Å². The number of ether oxygens (including phenoxy) is 1. The van der Waals surface area contributed by atoms with E-state index in [4.69, 9.17) is 4.74 Å². The fraction of sp³-hybridized carbons (Fsp3) is 0.750. The first-order valence-corrected chi connectivity index (χ1v) is 6.87. The monoisotopic (exact) mass is 256 g/mol. The van der Waals surface area contributed by atoms with Gasteiger partial charge in [-0.05, 0) is 25.7 Å². The summed E-state index contributed by atoms with van der Waals surface area (Å²) in [7, 11) is 1.77. The molecular weight excluding hydrogens is 236 g/mol. The molecule has 1 aromatic heterocycles. The molecule has 4 nitrogen and oxygen atoms in total. The van der Waals surface area contributed by atoms with Gasteiger partial charge in [0.15, 0.2) is 5.13 Å². The van der Waals surface area contributed by atoms with Gasteiger partial charge in [-0.1, -0.05) is 11.3 Å². The second-order valence-electron chi connectivity index (χ2n) is 4.55. The summed E-state index contributed by atoms with van der Waals surface area (Å²) in [4.78, 5) is 7.84. The number of aliphatic hydroxyl groups excluding tert-OH is 1. The van der Waals surface area contributed by atoms with Crippen molar-refractivity contribution in [2.24, 2.45) is 5.92 Å². The van der Waals surface area contributed by atoms with Crippen LogP contribution in [0.5, 0.6) is 0 Å². The lowest BCUT2D eigenvalue weighted by molar-refractivity contribution is 0.139. The number of hydrogen-bond donors (Lipinski definition) is 1. The van der Waals surface area contributed by atoms with Crippen LogP contribution in [0.4, 0.5) is 5.13 Å². The third-order valence-corrected chi connectivity index (χ3v) is 4.52. The van der Waals surface area contributed by atoms with Crippen molar-refractivity contribution in [2.75, 3.05) is 31.7 Å². The van der Waals surface area contributed by atoms with E-state index in [-0.39, 0.29) is 6.61 Å². The maximum atomic E-state index is 9.18. The highest BCUT2D eigenvalue weighted by Gasteiger charge is 2.21. The predicted molar refractivity (Wildman–Crippen MR) is 69.6 cm³/mol. The van der Waals surface area contributed by atoms with E-state index in [1.54, 1.807) is 18.4 Å². The predicted octanol–water partition coefficient (Wildman–Crippen LogP) is 1.81. The van der Waals surface area contributed by atoms with Crippen molar-refractivity contribution in [3.63, 3.8) is 0 Å². The van der Waals surface area contributed by atoms with E-state index in [1.807, 2.05) is 6.92 Å². The van der Waals surface area contributed by atoms with Gasteiger partial charge in [0.2, 0.25) is 0 Å². The minimum Gasteiger partial charge on any atom is -0.391 e. The number of methoxy groups -OCH3 is 1. The molecule has 0 unspecified atom stereocenters. The number of thiazole rings is 1. The van der Waals surface area contributed by atoms with E-state index in [1.165, 1.54) is 12.8 Å². The molecule has 0 bridgehead atoms. The number of anilines is 1. The van der Waals surface area contributed by atoms with Gasteiger partial charge in [0.25, 0.3) is 0 Å². The first-order valence-electron chi connectivity index (χ1n) is 6.05. The van der Waals surface area contributed by atoms with E-state index >= 15 is 0 Å². The Hall–Kier alpha value is -0.650. The summed E-state index contributed by atoms with van der Waals surface area (Å²) in [6, 6.07) is 0. The van der Waals surface area contributed by atoms with Crippen molar-refractivity contribution in [3.05, 3.63) is 10.6 Å². The zero-order valence-corrected chi connectivity index (χ0v) is 11.3. The molecule has 0 aliphatic carbocycles. The smallest absolute Gasteiger partial charge is 0.185 e. The Morgan fingerprint density at radius 1 is 1.47 bits per heavy atom. The summed E-state index contributed by atoms with van der Waals surface area (Å²) < 4.78 is 5.20. The van der Waals surface area contributed by atoms with Crippen LogP contribution in [0.25, 0.3) is 0 Å². The largest absolute Gasteiger partial charge is 0.391 e. The molecule has 0 spiro atoms. The van der Waals surface area contributed by atoms with Crippen molar-refractivity contribution in [1.82, 2.24) is 4.98 Å². The minimum absolute atomic E-state index is 0.101. The third kappa shape index (κ3) is 2.97. The number of rotatable bonds is 4. The Labute approximate surface area is 106 Å². The lowest BCUT2D eigenvalue weighted by Gasteiger charge is -2.31. The molecule has 1 saturated heterocycles. The number of hydrogen-bond acceptors (Lipinski definition) is 5. The lowest BCUT2D eigenvalue weighted by Crippen LogP contribution is -2.34. The topological polar surface area (TPSA) is 45.6 Å².